The molecule has 0 unspecified atom stereocenters. The van der Waals surface area contributed by atoms with Crippen LogP contribution in [0, 0.1) is 5.92 Å². The molecule has 4 nitrogen and oxygen atoms in total. The largest absolute Gasteiger partial charge is 0.497 e. The minimum atomic E-state index is -0.353. The predicted octanol–water partition coefficient (Wildman–Crippen LogP) is 1.61. The van der Waals surface area contributed by atoms with Crippen LogP contribution in [0.4, 0.5) is 0 Å². The van der Waals surface area contributed by atoms with Crippen molar-refractivity contribution in [3.63, 3.8) is 0 Å². The Morgan fingerprint density at radius 2 is 2.06 bits per heavy atom. The zero-order chi connectivity index (χ0) is 12.4. The topological polar surface area (TPSA) is 52.6 Å². The average Bonchev–Trinajstić information content (AvgIpc) is 2.37. The SMILES string of the molecule is COC(=O)[C@H]1CC(=O)c2cc(OC)ccc2C1. The van der Waals surface area contributed by atoms with Crippen molar-refractivity contribution < 1.29 is 19.1 Å². The molecule has 1 aliphatic carbocycles. The summed E-state index contributed by atoms with van der Waals surface area (Å²) in [5, 5.41) is 0. The third-order valence-corrected chi connectivity index (χ3v) is 3.05. The smallest absolute Gasteiger partial charge is 0.309 e. The van der Waals surface area contributed by atoms with Gasteiger partial charge in [0.25, 0.3) is 0 Å². The molecule has 4 heteroatoms. The molecule has 0 amide bonds. The standard InChI is InChI=1S/C13H14O4/c1-16-10-4-3-8-5-9(13(15)17-2)6-12(14)11(8)7-10/h3-4,7,9H,5-6H2,1-2H3/t9-/m1/s1. The Morgan fingerprint density at radius 3 is 2.71 bits per heavy atom. The Bertz CT molecular complexity index is 464. The third-order valence-electron chi connectivity index (χ3n) is 3.05. The van der Waals surface area contributed by atoms with E-state index in [0.717, 1.165) is 5.56 Å². The molecule has 0 bridgehead atoms. The van der Waals surface area contributed by atoms with E-state index in [9.17, 15) is 9.59 Å². The van der Waals surface area contributed by atoms with Crippen LogP contribution in [-0.2, 0) is 16.0 Å². The van der Waals surface area contributed by atoms with Gasteiger partial charge in [-0.25, -0.2) is 0 Å². The number of carbonyl (C=O) groups is 2. The van der Waals surface area contributed by atoms with Gasteiger partial charge in [-0.2, -0.15) is 0 Å². The number of Topliss-reactive ketones (excluding diaryl/α,β-unsaturated/α-hetero) is 1. The molecule has 0 saturated carbocycles. The molecule has 0 heterocycles. The van der Waals surface area contributed by atoms with Crippen molar-refractivity contribution >= 4 is 11.8 Å². The van der Waals surface area contributed by atoms with Gasteiger partial charge in [0, 0.05) is 12.0 Å². The van der Waals surface area contributed by atoms with Gasteiger partial charge < -0.3 is 9.47 Å². The number of methoxy groups -OCH3 is 2. The van der Waals surface area contributed by atoms with Crippen LogP contribution in [0.15, 0.2) is 18.2 Å². The van der Waals surface area contributed by atoms with Crippen LogP contribution < -0.4 is 4.74 Å². The fraction of sp³-hybridized carbons (Fsp3) is 0.385. The Hall–Kier alpha value is -1.84. The number of rotatable bonds is 2. The molecule has 1 atom stereocenters. The minimum Gasteiger partial charge on any atom is -0.497 e. The molecule has 0 saturated heterocycles. The lowest BCUT2D eigenvalue weighted by Crippen LogP contribution is -2.27. The van der Waals surface area contributed by atoms with Gasteiger partial charge in [0.1, 0.15) is 5.75 Å². The highest BCUT2D eigenvalue weighted by Crippen LogP contribution is 2.29. The van der Waals surface area contributed by atoms with Crippen LogP contribution in [0.2, 0.25) is 0 Å². The first kappa shape index (κ1) is 11.6. The zero-order valence-corrected chi connectivity index (χ0v) is 9.86. The predicted molar refractivity (Wildman–Crippen MR) is 61.2 cm³/mol. The Morgan fingerprint density at radius 1 is 1.29 bits per heavy atom. The van der Waals surface area contributed by atoms with Gasteiger partial charge in [0.05, 0.1) is 20.1 Å². The van der Waals surface area contributed by atoms with E-state index in [0.29, 0.717) is 17.7 Å². The summed E-state index contributed by atoms with van der Waals surface area (Å²) in [6.07, 6.45) is 0.768. The number of benzene rings is 1. The van der Waals surface area contributed by atoms with Crippen LogP contribution in [0.25, 0.3) is 0 Å². The first-order chi connectivity index (χ1) is 8.15. The molecule has 0 aliphatic heterocycles. The van der Waals surface area contributed by atoms with Gasteiger partial charge in [-0.3, -0.25) is 9.59 Å². The molecule has 0 radical (unpaired) electrons. The van der Waals surface area contributed by atoms with E-state index in [2.05, 4.69) is 4.74 Å². The maximum Gasteiger partial charge on any atom is 0.309 e. The van der Waals surface area contributed by atoms with Gasteiger partial charge in [-0.15, -0.1) is 0 Å². The molecule has 90 valence electrons. The number of ketones is 1. The maximum atomic E-state index is 11.9. The first-order valence-corrected chi connectivity index (χ1v) is 5.43. The lowest BCUT2D eigenvalue weighted by Gasteiger charge is -2.21. The normalized spacial score (nSPS) is 18.5. The number of fused-ring (bicyclic) bond motifs is 1. The summed E-state index contributed by atoms with van der Waals surface area (Å²) in [4.78, 5) is 23.4. The fourth-order valence-electron chi connectivity index (χ4n) is 2.12. The van der Waals surface area contributed by atoms with Gasteiger partial charge in [-0.05, 0) is 24.1 Å². The van der Waals surface area contributed by atoms with Crippen LogP contribution >= 0.6 is 0 Å². The quantitative estimate of drug-likeness (QED) is 0.729. The van der Waals surface area contributed by atoms with Crippen molar-refractivity contribution in [1.82, 2.24) is 0 Å². The number of carbonyl (C=O) groups excluding carboxylic acids is 2. The fourth-order valence-corrected chi connectivity index (χ4v) is 2.12. The third kappa shape index (κ3) is 2.16. The second-order valence-corrected chi connectivity index (χ2v) is 4.07. The Labute approximate surface area is 99.5 Å². The van der Waals surface area contributed by atoms with E-state index in [1.165, 1.54) is 7.11 Å². The van der Waals surface area contributed by atoms with Crippen molar-refractivity contribution in [3.8, 4) is 5.75 Å². The molecular formula is C13H14O4. The molecule has 17 heavy (non-hydrogen) atoms. The van der Waals surface area contributed by atoms with Crippen molar-refractivity contribution in [3.05, 3.63) is 29.3 Å². The van der Waals surface area contributed by atoms with E-state index >= 15 is 0 Å². The monoisotopic (exact) mass is 234 g/mol. The van der Waals surface area contributed by atoms with Crippen LogP contribution in [0.3, 0.4) is 0 Å². The molecular weight excluding hydrogens is 220 g/mol. The summed E-state index contributed by atoms with van der Waals surface area (Å²) in [7, 11) is 2.91. The molecule has 1 aromatic rings. The molecule has 0 aromatic heterocycles. The van der Waals surface area contributed by atoms with E-state index in [1.807, 2.05) is 6.07 Å². The Balaban J connectivity index is 2.32. The summed E-state index contributed by atoms with van der Waals surface area (Å²) < 4.78 is 9.76. The molecule has 1 aliphatic rings. The second kappa shape index (κ2) is 4.57. The number of hydrogen-bond donors (Lipinski definition) is 0. The number of esters is 1. The van der Waals surface area contributed by atoms with Crippen LogP contribution in [0.1, 0.15) is 22.3 Å². The lowest BCUT2D eigenvalue weighted by molar-refractivity contribution is -0.145. The van der Waals surface area contributed by atoms with Crippen LogP contribution in [-0.4, -0.2) is 26.0 Å². The first-order valence-electron chi connectivity index (χ1n) is 5.43. The highest BCUT2D eigenvalue weighted by atomic mass is 16.5. The number of ether oxygens (including phenoxy) is 2. The highest BCUT2D eigenvalue weighted by molar-refractivity contribution is 6.01. The summed E-state index contributed by atoms with van der Waals surface area (Å²) in [5.41, 5.74) is 1.54. The summed E-state index contributed by atoms with van der Waals surface area (Å²) >= 11 is 0. The van der Waals surface area contributed by atoms with Crippen molar-refractivity contribution in [2.24, 2.45) is 5.92 Å². The minimum absolute atomic E-state index is 0.0273. The van der Waals surface area contributed by atoms with E-state index < -0.39 is 0 Å². The number of hydrogen-bond acceptors (Lipinski definition) is 4. The van der Waals surface area contributed by atoms with Crippen molar-refractivity contribution in [2.45, 2.75) is 12.8 Å². The maximum absolute atomic E-state index is 11.9. The summed E-state index contributed by atoms with van der Waals surface area (Å²) in [6.45, 7) is 0. The molecule has 0 spiro atoms. The molecule has 2 rings (SSSR count). The van der Waals surface area contributed by atoms with Crippen molar-refractivity contribution in [2.75, 3.05) is 14.2 Å². The zero-order valence-electron chi connectivity index (χ0n) is 9.86. The summed E-state index contributed by atoms with van der Waals surface area (Å²) in [5.74, 6) is -0.0395. The molecule has 1 aromatic carbocycles. The molecule has 0 fully saturated rings. The van der Waals surface area contributed by atoms with E-state index in [4.69, 9.17) is 4.74 Å². The van der Waals surface area contributed by atoms with Crippen molar-refractivity contribution in [1.29, 1.82) is 0 Å². The van der Waals surface area contributed by atoms with Gasteiger partial charge in [-0.1, -0.05) is 6.07 Å². The summed E-state index contributed by atoms with van der Waals surface area (Å²) in [6, 6.07) is 5.36. The van der Waals surface area contributed by atoms with Gasteiger partial charge in [0.15, 0.2) is 5.78 Å². The lowest BCUT2D eigenvalue weighted by atomic mass is 9.83. The Kier molecular flexibility index (Phi) is 3.13. The van der Waals surface area contributed by atoms with Gasteiger partial charge in [0.2, 0.25) is 0 Å². The molecule has 0 N–H and O–H groups in total. The van der Waals surface area contributed by atoms with E-state index in [1.54, 1.807) is 19.2 Å². The average molecular weight is 234 g/mol. The van der Waals surface area contributed by atoms with Gasteiger partial charge >= 0.3 is 5.97 Å². The second-order valence-electron chi connectivity index (χ2n) is 4.07. The van der Waals surface area contributed by atoms with E-state index in [-0.39, 0.29) is 24.1 Å². The highest BCUT2D eigenvalue weighted by Gasteiger charge is 2.30. The van der Waals surface area contributed by atoms with Crippen LogP contribution in [0.5, 0.6) is 5.75 Å².